The van der Waals surface area contributed by atoms with Gasteiger partial charge in [-0.25, -0.2) is 0 Å². The second-order valence-electron chi connectivity index (χ2n) is 3.64. The van der Waals surface area contributed by atoms with Crippen LogP contribution in [-0.4, -0.2) is 0 Å². The van der Waals surface area contributed by atoms with Gasteiger partial charge in [0.25, 0.3) is 0 Å². The van der Waals surface area contributed by atoms with Crippen LogP contribution < -0.4 is 0 Å². The number of hydrogen-bond donors (Lipinski definition) is 0. The van der Waals surface area contributed by atoms with Gasteiger partial charge in [0.2, 0.25) is 0 Å². The highest BCUT2D eigenvalue weighted by molar-refractivity contribution is 5.11. The molecule has 0 saturated heterocycles. The predicted octanol–water partition coefficient (Wildman–Crippen LogP) is 4.34. The minimum absolute atomic E-state index is 0.825. The van der Waals surface area contributed by atoms with Crippen LogP contribution in [0.2, 0.25) is 0 Å². The van der Waals surface area contributed by atoms with Crippen molar-refractivity contribution < 1.29 is 0 Å². The van der Waals surface area contributed by atoms with Gasteiger partial charge < -0.3 is 0 Å². The molecule has 0 fully saturated rings. The molecule has 0 atom stereocenters. The summed E-state index contributed by atoms with van der Waals surface area (Å²) in [6, 6.07) is 0. The van der Waals surface area contributed by atoms with Crippen LogP contribution in [0.25, 0.3) is 0 Å². The highest BCUT2D eigenvalue weighted by atomic mass is 14.0. The van der Waals surface area contributed by atoms with E-state index >= 15 is 0 Å². The summed E-state index contributed by atoms with van der Waals surface area (Å²) in [5, 5.41) is 0. The van der Waals surface area contributed by atoms with Crippen molar-refractivity contribution in [2.24, 2.45) is 5.92 Å². The average molecular weight is 166 g/mol. The van der Waals surface area contributed by atoms with E-state index in [1.165, 1.54) is 19.3 Å². The lowest BCUT2D eigenvalue weighted by Crippen LogP contribution is -1.89. The van der Waals surface area contributed by atoms with E-state index in [4.69, 9.17) is 0 Å². The zero-order valence-electron chi connectivity index (χ0n) is 8.93. The largest absolute Gasteiger partial charge is 0.0877 e. The molecule has 0 saturated carbocycles. The Bertz CT molecular complexity index is 149. The van der Waals surface area contributed by atoms with Crippen LogP contribution in [0.15, 0.2) is 23.8 Å². The van der Waals surface area contributed by atoms with Crippen molar-refractivity contribution in [2.45, 2.75) is 47.0 Å². The third kappa shape index (κ3) is 6.21. The molecule has 0 spiro atoms. The van der Waals surface area contributed by atoms with Gasteiger partial charge in [0.1, 0.15) is 0 Å². The van der Waals surface area contributed by atoms with Gasteiger partial charge in [-0.2, -0.15) is 0 Å². The summed E-state index contributed by atoms with van der Waals surface area (Å²) in [7, 11) is 0. The summed E-state index contributed by atoms with van der Waals surface area (Å²) in [5.74, 6) is 0.825. The maximum absolute atomic E-state index is 2.28. The summed E-state index contributed by atoms with van der Waals surface area (Å²) in [6.07, 6.45) is 10.2. The molecule has 0 aliphatic rings. The fourth-order valence-corrected chi connectivity index (χ4v) is 1.08. The molecule has 0 nitrogen and oxygen atoms in total. The number of rotatable bonds is 5. The Hall–Kier alpha value is -0.520. The minimum atomic E-state index is 0.825. The van der Waals surface area contributed by atoms with Gasteiger partial charge in [-0.15, -0.1) is 0 Å². The maximum atomic E-state index is 2.28. The Morgan fingerprint density at radius 3 is 2.42 bits per heavy atom. The highest BCUT2D eigenvalue weighted by Gasteiger charge is 1.96. The van der Waals surface area contributed by atoms with E-state index < -0.39 is 0 Å². The van der Waals surface area contributed by atoms with Crippen molar-refractivity contribution >= 4 is 0 Å². The van der Waals surface area contributed by atoms with Crippen molar-refractivity contribution in [3.8, 4) is 0 Å². The van der Waals surface area contributed by atoms with Gasteiger partial charge in [0.05, 0.1) is 0 Å². The van der Waals surface area contributed by atoms with Crippen LogP contribution in [-0.2, 0) is 0 Å². The molecule has 0 bridgehead atoms. The molecule has 0 aromatic carbocycles. The lowest BCUT2D eigenvalue weighted by atomic mass is 10.0. The van der Waals surface area contributed by atoms with Crippen molar-refractivity contribution in [3.63, 3.8) is 0 Å². The first-order valence-electron chi connectivity index (χ1n) is 5.01. The molecule has 12 heavy (non-hydrogen) atoms. The molecule has 70 valence electrons. The first-order chi connectivity index (χ1) is 5.70. The molecule has 0 radical (unpaired) electrons. The second-order valence-corrected chi connectivity index (χ2v) is 3.64. The minimum Gasteiger partial charge on any atom is -0.0877 e. The van der Waals surface area contributed by atoms with Crippen LogP contribution in [0, 0.1) is 5.92 Å². The third-order valence-corrected chi connectivity index (χ3v) is 2.02. The van der Waals surface area contributed by atoms with Crippen LogP contribution in [0.5, 0.6) is 0 Å². The second kappa shape index (κ2) is 7.15. The quantitative estimate of drug-likeness (QED) is 0.533. The topological polar surface area (TPSA) is 0 Å². The summed E-state index contributed by atoms with van der Waals surface area (Å²) in [4.78, 5) is 0. The molecule has 0 aliphatic heterocycles. The average Bonchev–Trinajstić information content (AvgIpc) is 2.05. The predicted molar refractivity (Wildman–Crippen MR) is 57.3 cm³/mol. The summed E-state index contributed by atoms with van der Waals surface area (Å²) in [5.41, 5.74) is 1.57. The molecule has 0 N–H and O–H groups in total. The molecular weight excluding hydrogens is 144 g/mol. The SMILES string of the molecule is C/C=C\C=C(/CC)CCC(C)C. The van der Waals surface area contributed by atoms with Gasteiger partial charge in [0, 0.05) is 0 Å². The monoisotopic (exact) mass is 166 g/mol. The highest BCUT2D eigenvalue weighted by Crippen LogP contribution is 2.14. The molecule has 0 aromatic rings. The van der Waals surface area contributed by atoms with Crippen molar-refractivity contribution in [1.82, 2.24) is 0 Å². The van der Waals surface area contributed by atoms with Crippen LogP contribution in [0.3, 0.4) is 0 Å². The van der Waals surface area contributed by atoms with Crippen molar-refractivity contribution in [1.29, 1.82) is 0 Å². The Kier molecular flexibility index (Phi) is 6.84. The van der Waals surface area contributed by atoms with Crippen LogP contribution in [0.4, 0.5) is 0 Å². The molecule has 0 unspecified atom stereocenters. The molecule has 0 heteroatoms. The van der Waals surface area contributed by atoms with Crippen molar-refractivity contribution in [2.75, 3.05) is 0 Å². The van der Waals surface area contributed by atoms with E-state index in [9.17, 15) is 0 Å². The van der Waals surface area contributed by atoms with Gasteiger partial charge in [-0.3, -0.25) is 0 Å². The zero-order chi connectivity index (χ0) is 9.40. The Morgan fingerprint density at radius 2 is 2.00 bits per heavy atom. The first-order valence-corrected chi connectivity index (χ1v) is 5.01. The lowest BCUT2D eigenvalue weighted by Gasteiger charge is -2.05. The standard InChI is InChI=1S/C12H22/c1-5-7-8-12(6-2)10-9-11(3)4/h5,7-8,11H,6,9-10H2,1-4H3/b7-5-,12-8+. The van der Waals surface area contributed by atoms with E-state index in [0.717, 1.165) is 5.92 Å². The molecular formula is C12H22. The summed E-state index contributed by atoms with van der Waals surface area (Å²) >= 11 is 0. The zero-order valence-corrected chi connectivity index (χ0v) is 8.93. The summed E-state index contributed by atoms with van der Waals surface area (Å²) in [6.45, 7) is 8.85. The molecule has 0 heterocycles. The molecule has 0 aliphatic carbocycles. The van der Waals surface area contributed by atoms with Crippen LogP contribution in [0.1, 0.15) is 47.0 Å². The Balaban J connectivity index is 3.82. The van der Waals surface area contributed by atoms with Crippen molar-refractivity contribution in [3.05, 3.63) is 23.8 Å². The fourth-order valence-electron chi connectivity index (χ4n) is 1.08. The fraction of sp³-hybridized carbons (Fsp3) is 0.667. The van der Waals surface area contributed by atoms with E-state index in [2.05, 4.69) is 45.9 Å². The smallest absolute Gasteiger partial charge is 0.0315 e. The molecule has 0 amide bonds. The van der Waals surface area contributed by atoms with E-state index in [1.54, 1.807) is 5.57 Å². The lowest BCUT2D eigenvalue weighted by molar-refractivity contribution is 0.579. The molecule has 0 aromatic heterocycles. The third-order valence-electron chi connectivity index (χ3n) is 2.02. The molecule has 0 rings (SSSR count). The number of hydrogen-bond acceptors (Lipinski definition) is 0. The van der Waals surface area contributed by atoms with Gasteiger partial charge >= 0.3 is 0 Å². The Morgan fingerprint density at radius 1 is 1.33 bits per heavy atom. The van der Waals surface area contributed by atoms with Gasteiger partial charge in [0.15, 0.2) is 0 Å². The van der Waals surface area contributed by atoms with E-state index in [-0.39, 0.29) is 0 Å². The first kappa shape index (κ1) is 11.5. The Labute approximate surface area is 77.4 Å². The van der Waals surface area contributed by atoms with E-state index in [1.807, 2.05) is 0 Å². The number of allylic oxidation sites excluding steroid dienone is 4. The van der Waals surface area contributed by atoms with Gasteiger partial charge in [-0.05, 0) is 32.1 Å². The van der Waals surface area contributed by atoms with Crippen LogP contribution >= 0.6 is 0 Å². The van der Waals surface area contributed by atoms with E-state index in [0.29, 0.717) is 0 Å². The van der Waals surface area contributed by atoms with Gasteiger partial charge in [-0.1, -0.05) is 44.6 Å². The normalized spacial score (nSPS) is 13.2. The maximum Gasteiger partial charge on any atom is -0.0315 e. The summed E-state index contributed by atoms with van der Waals surface area (Å²) < 4.78 is 0.